The van der Waals surface area contributed by atoms with Gasteiger partial charge in [-0.1, -0.05) is 51.5 Å². The van der Waals surface area contributed by atoms with Gasteiger partial charge in [0.1, 0.15) is 5.75 Å². The van der Waals surface area contributed by atoms with Crippen molar-refractivity contribution in [1.82, 2.24) is 5.32 Å². The molecule has 0 heterocycles. The van der Waals surface area contributed by atoms with Gasteiger partial charge in [0.05, 0.1) is 12.7 Å². The molecule has 1 unspecified atom stereocenters. The fourth-order valence-electron chi connectivity index (χ4n) is 3.01. The third kappa shape index (κ3) is 11.3. The summed E-state index contributed by atoms with van der Waals surface area (Å²) in [6.07, 6.45) is 10.3. The normalized spacial score (nSPS) is 12.4. The summed E-state index contributed by atoms with van der Waals surface area (Å²) in [4.78, 5) is 0. The zero-order valence-electron chi connectivity index (χ0n) is 17.0. The first-order valence-electron chi connectivity index (χ1n) is 10.6. The summed E-state index contributed by atoms with van der Waals surface area (Å²) < 4.78 is 5.66. The average molecular weight is 382 g/mol. The van der Waals surface area contributed by atoms with Crippen molar-refractivity contribution < 1.29 is 20.1 Å². The second-order valence-electron chi connectivity index (χ2n) is 7.21. The molecule has 5 heteroatoms. The molecule has 0 aliphatic carbocycles. The summed E-state index contributed by atoms with van der Waals surface area (Å²) in [7, 11) is 0. The maximum Gasteiger partial charge on any atom is 0.121 e. The minimum Gasteiger partial charge on any atom is -0.508 e. The van der Waals surface area contributed by atoms with E-state index in [9.17, 15) is 10.2 Å². The molecule has 5 nitrogen and oxygen atoms in total. The zero-order valence-corrected chi connectivity index (χ0v) is 17.0. The van der Waals surface area contributed by atoms with Crippen LogP contribution in [-0.4, -0.2) is 41.6 Å². The van der Waals surface area contributed by atoms with E-state index in [1.807, 2.05) is 0 Å². The van der Waals surface area contributed by atoms with Gasteiger partial charge in [0.25, 0.3) is 0 Å². The van der Waals surface area contributed by atoms with E-state index in [2.05, 4.69) is 12.2 Å². The highest BCUT2D eigenvalue weighted by atomic mass is 16.5. The van der Waals surface area contributed by atoms with E-state index < -0.39 is 6.10 Å². The quantitative estimate of drug-likeness (QED) is 0.306. The molecule has 1 rings (SSSR count). The smallest absolute Gasteiger partial charge is 0.121 e. The van der Waals surface area contributed by atoms with E-state index in [0.29, 0.717) is 17.7 Å². The molecular formula is C22H39NO4. The lowest BCUT2D eigenvalue weighted by molar-refractivity contribution is 0.125. The Kier molecular flexibility index (Phi) is 14.0. The van der Waals surface area contributed by atoms with Gasteiger partial charge in [0, 0.05) is 25.3 Å². The highest BCUT2D eigenvalue weighted by Crippen LogP contribution is 2.22. The van der Waals surface area contributed by atoms with Crippen LogP contribution in [0.5, 0.6) is 5.75 Å². The summed E-state index contributed by atoms with van der Waals surface area (Å²) >= 11 is 0. The van der Waals surface area contributed by atoms with Crippen molar-refractivity contribution in [2.45, 2.75) is 77.4 Å². The van der Waals surface area contributed by atoms with E-state index in [0.717, 1.165) is 39.0 Å². The van der Waals surface area contributed by atoms with Crippen molar-refractivity contribution in [3.8, 4) is 5.75 Å². The van der Waals surface area contributed by atoms with Crippen LogP contribution < -0.4 is 5.32 Å². The molecule has 0 radical (unpaired) electrons. The van der Waals surface area contributed by atoms with Crippen molar-refractivity contribution in [1.29, 1.82) is 0 Å². The van der Waals surface area contributed by atoms with Crippen LogP contribution in [0.2, 0.25) is 0 Å². The fraction of sp³-hybridized carbons (Fsp3) is 0.727. The van der Waals surface area contributed by atoms with Gasteiger partial charge in [-0.2, -0.15) is 0 Å². The first-order chi connectivity index (χ1) is 13.2. The second kappa shape index (κ2) is 15.9. The molecular weight excluding hydrogens is 342 g/mol. The molecule has 27 heavy (non-hydrogen) atoms. The first-order valence-corrected chi connectivity index (χ1v) is 10.6. The van der Waals surface area contributed by atoms with Crippen molar-refractivity contribution in [2.75, 3.05) is 26.3 Å². The molecule has 156 valence electrons. The van der Waals surface area contributed by atoms with Gasteiger partial charge in [-0.05, 0) is 43.5 Å². The molecule has 0 saturated carbocycles. The van der Waals surface area contributed by atoms with Crippen molar-refractivity contribution in [3.05, 3.63) is 29.3 Å². The summed E-state index contributed by atoms with van der Waals surface area (Å²) in [6.45, 7) is 5.11. The Hall–Kier alpha value is -1.14. The number of rotatable bonds is 17. The Morgan fingerprint density at radius 2 is 1.63 bits per heavy atom. The number of benzene rings is 1. The van der Waals surface area contributed by atoms with Crippen LogP contribution in [0, 0.1) is 0 Å². The molecule has 1 aromatic carbocycles. The molecule has 4 N–H and O–H groups in total. The molecule has 0 fully saturated rings. The highest BCUT2D eigenvalue weighted by molar-refractivity contribution is 5.36. The summed E-state index contributed by atoms with van der Waals surface area (Å²) in [5.74, 6) is 0.0573. The highest BCUT2D eigenvalue weighted by Gasteiger charge is 2.09. The molecule has 0 aromatic heterocycles. The second-order valence-corrected chi connectivity index (χ2v) is 7.21. The molecule has 1 aromatic rings. The standard InChI is InChI=1S/C22H39NO4/c1-2-3-4-6-9-14-27-15-10-7-5-8-13-23-17-22(26)19-11-12-21(25)20(16-19)18-24/h11-12,16,22-26H,2-10,13-15,17-18H2,1H3. The Bertz CT molecular complexity index is 481. The number of aliphatic hydroxyl groups excluding tert-OH is 2. The molecule has 1 atom stereocenters. The third-order valence-corrected chi connectivity index (χ3v) is 4.78. The lowest BCUT2D eigenvalue weighted by Crippen LogP contribution is -2.22. The Balaban J connectivity index is 1.94. The van der Waals surface area contributed by atoms with E-state index in [1.165, 1.54) is 44.6 Å². The number of aliphatic hydroxyl groups is 2. The van der Waals surface area contributed by atoms with Crippen LogP contribution in [0.3, 0.4) is 0 Å². The van der Waals surface area contributed by atoms with E-state index in [1.54, 1.807) is 12.1 Å². The largest absolute Gasteiger partial charge is 0.508 e. The van der Waals surface area contributed by atoms with Crippen LogP contribution >= 0.6 is 0 Å². The molecule has 0 amide bonds. The molecule has 0 bridgehead atoms. The predicted molar refractivity (Wildman–Crippen MR) is 110 cm³/mol. The Morgan fingerprint density at radius 1 is 0.963 bits per heavy atom. The van der Waals surface area contributed by atoms with Crippen molar-refractivity contribution in [3.63, 3.8) is 0 Å². The van der Waals surface area contributed by atoms with Crippen molar-refractivity contribution >= 4 is 0 Å². The van der Waals surface area contributed by atoms with Gasteiger partial charge >= 0.3 is 0 Å². The monoisotopic (exact) mass is 381 g/mol. The van der Waals surface area contributed by atoms with E-state index in [4.69, 9.17) is 9.84 Å². The number of phenols is 1. The minimum atomic E-state index is -0.637. The molecule has 0 saturated heterocycles. The number of aromatic hydroxyl groups is 1. The van der Waals surface area contributed by atoms with Crippen LogP contribution in [0.1, 0.15) is 81.9 Å². The molecule has 0 spiro atoms. The number of hydrogen-bond donors (Lipinski definition) is 4. The van der Waals surface area contributed by atoms with Gasteiger partial charge in [-0.3, -0.25) is 0 Å². The lowest BCUT2D eigenvalue weighted by Gasteiger charge is -2.14. The number of ether oxygens (including phenoxy) is 1. The predicted octanol–water partition coefficient (Wildman–Crippen LogP) is 4.05. The zero-order chi connectivity index (χ0) is 19.7. The first kappa shape index (κ1) is 23.9. The summed E-state index contributed by atoms with van der Waals surface area (Å²) in [5.41, 5.74) is 1.14. The van der Waals surface area contributed by atoms with Gasteiger partial charge in [0.15, 0.2) is 0 Å². The molecule has 0 aliphatic rings. The average Bonchev–Trinajstić information content (AvgIpc) is 2.68. The van der Waals surface area contributed by atoms with Gasteiger partial charge < -0.3 is 25.4 Å². The number of unbranched alkanes of at least 4 members (excludes halogenated alkanes) is 7. The summed E-state index contributed by atoms with van der Waals surface area (Å²) in [5, 5.41) is 32.2. The molecule has 0 aliphatic heterocycles. The van der Waals surface area contributed by atoms with Gasteiger partial charge in [-0.15, -0.1) is 0 Å². The summed E-state index contributed by atoms with van der Waals surface area (Å²) in [6, 6.07) is 4.84. The topological polar surface area (TPSA) is 82.0 Å². The van der Waals surface area contributed by atoms with Crippen LogP contribution in [0.4, 0.5) is 0 Å². The Labute approximate surface area is 164 Å². The number of nitrogens with one attached hydrogen (secondary N) is 1. The minimum absolute atomic E-state index is 0.0573. The third-order valence-electron chi connectivity index (χ3n) is 4.78. The van der Waals surface area contributed by atoms with E-state index >= 15 is 0 Å². The maximum absolute atomic E-state index is 10.2. The SMILES string of the molecule is CCCCCCCOCCCCCCNCC(O)c1ccc(O)c(CO)c1. The number of hydrogen-bond acceptors (Lipinski definition) is 5. The fourth-order valence-corrected chi connectivity index (χ4v) is 3.01. The van der Waals surface area contributed by atoms with Gasteiger partial charge in [0.2, 0.25) is 0 Å². The maximum atomic E-state index is 10.2. The van der Waals surface area contributed by atoms with Gasteiger partial charge in [-0.25, -0.2) is 0 Å². The Morgan fingerprint density at radius 3 is 2.30 bits per heavy atom. The van der Waals surface area contributed by atoms with Crippen LogP contribution in [-0.2, 0) is 11.3 Å². The van der Waals surface area contributed by atoms with Crippen molar-refractivity contribution in [2.24, 2.45) is 0 Å². The van der Waals surface area contributed by atoms with Crippen LogP contribution in [0.15, 0.2) is 18.2 Å². The lowest BCUT2D eigenvalue weighted by atomic mass is 10.1. The van der Waals surface area contributed by atoms with E-state index in [-0.39, 0.29) is 12.4 Å². The van der Waals surface area contributed by atoms with Crippen LogP contribution in [0.25, 0.3) is 0 Å².